The van der Waals surface area contributed by atoms with Crippen molar-refractivity contribution in [3.8, 4) is 0 Å². The number of likely N-dealkylation sites (tertiary alicyclic amines) is 1. The van der Waals surface area contributed by atoms with Gasteiger partial charge < -0.3 is 10.2 Å². The Morgan fingerprint density at radius 2 is 2.10 bits per heavy atom. The van der Waals surface area contributed by atoms with Crippen LogP contribution in [-0.4, -0.2) is 35.4 Å². The van der Waals surface area contributed by atoms with Gasteiger partial charge in [0.1, 0.15) is 5.69 Å². The number of carbonyl (C=O) groups excluding carboxylic acids is 1. The molecule has 0 bridgehead atoms. The van der Waals surface area contributed by atoms with Crippen molar-refractivity contribution in [3.63, 3.8) is 0 Å². The van der Waals surface area contributed by atoms with Gasteiger partial charge in [-0.3, -0.25) is 14.9 Å². The van der Waals surface area contributed by atoms with Crippen LogP contribution in [0.1, 0.15) is 38.2 Å². The number of rotatable bonds is 4. The molecule has 1 aromatic rings. The van der Waals surface area contributed by atoms with E-state index in [1.807, 2.05) is 6.07 Å². The molecule has 114 valence electrons. The Hall–Kier alpha value is -1.95. The first kappa shape index (κ1) is 15.4. The molecule has 1 fully saturated rings. The van der Waals surface area contributed by atoms with Crippen molar-refractivity contribution in [2.75, 3.05) is 25.0 Å². The highest BCUT2D eigenvalue weighted by Gasteiger charge is 2.23. The Balaban J connectivity index is 2.20. The maximum Gasteiger partial charge on any atom is 0.293 e. The van der Waals surface area contributed by atoms with Gasteiger partial charge >= 0.3 is 0 Å². The number of amides is 1. The van der Waals surface area contributed by atoms with E-state index >= 15 is 0 Å². The smallest absolute Gasteiger partial charge is 0.293 e. The van der Waals surface area contributed by atoms with Crippen LogP contribution in [0.3, 0.4) is 0 Å². The van der Waals surface area contributed by atoms with Crippen LogP contribution in [-0.2, 0) is 4.79 Å². The van der Waals surface area contributed by atoms with E-state index in [0.29, 0.717) is 5.92 Å². The molecule has 1 aliphatic rings. The van der Waals surface area contributed by atoms with Crippen LogP contribution in [0.15, 0.2) is 18.2 Å². The molecule has 21 heavy (non-hydrogen) atoms. The number of hydrogen-bond acceptors (Lipinski definition) is 4. The molecule has 1 aliphatic heterocycles. The summed E-state index contributed by atoms with van der Waals surface area (Å²) in [5.41, 5.74) is 1.23. The molecule has 0 saturated carbocycles. The van der Waals surface area contributed by atoms with Crippen molar-refractivity contribution in [2.24, 2.45) is 0 Å². The number of piperidine rings is 1. The summed E-state index contributed by atoms with van der Waals surface area (Å²) in [6, 6.07) is 5.14. The third-order valence-corrected chi connectivity index (χ3v) is 4.04. The summed E-state index contributed by atoms with van der Waals surface area (Å²) in [4.78, 5) is 24.2. The molecule has 0 unspecified atom stereocenters. The molecule has 1 saturated heterocycles. The fourth-order valence-electron chi connectivity index (χ4n) is 2.83. The number of anilines is 1. The van der Waals surface area contributed by atoms with Crippen LogP contribution >= 0.6 is 0 Å². The Morgan fingerprint density at radius 3 is 2.62 bits per heavy atom. The van der Waals surface area contributed by atoms with E-state index < -0.39 is 4.92 Å². The Labute approximate surface area is 124 Å². The highest BCUT2D eigenvalue weighted by Crippen LogP contribution is 2.33. The normalized spacial score (nSPS) is 16.7. The van der Waals surface area contributed by atoms with Crippen LogP contribution < -0.4 is 5.32 Å². The summed E-state index contributed by atoms with van der Waals surface area (Å²) in [6.45, 7) is 6.60. The molecule has 1 aromatic carbocycles. The number of hydrogen-bond donors (Lipinski definition) is 1. The fourth-order valence-corrected chi connectivity index (χ4v) is 2.83. The SMILES string of the molecule is CCN1CCC(c2ccc(NC(C)=O)c([N+](=O)[O-])c2)CC1. The first-order valence-electron chi connectivity index (χ1n) is 7.29. The second-order valence-electron chi connectivity index (χ2n) is 5.42. The summed E-state index contributed by atoms with van der Waals surface area (Å²) in [7, 11) is 0. The van der Waals surface area contributed by atoms with Gasteiger partial charge in [0.05, 0.1) is 4.92 Å². The number of nitro benzene ring substituents is 1. The maximum atomic E-state index is 11.2. The van der Waals surface area contributed by atoms with Gasteiger partial charge in [0.25, 0.3) is 5.69 Å². The lowest BCUT2D eigenvalue weighted by Gasteiger charge is -2.31. The third kappa shape index (κ3) is 3.78. The average molecular weight is 291 g/mol. The Kier molecular flexibility index (Phi) is 4.90. The van der Waals surface area contributed by atoms with Crippen molar-refractivity contribution in [1.29, 1.82) is 0 Å². The van der Waals surface area contributed by atoms with Gasteiger partial charge in [-0.15, -0.1) is 0 Å². The minimum absolute atomic E-state index is 0.0272. The molecule has 6 nitrogen and oxygen atoms in total. The molecule has 1 heterocycles. The van der Waals surface area contributed by atoms with Crippen molar-refractivity contribution in [3.05, 3.63) is 33.9 Å². The van der Waals surface area contributed by atoms with Crippen LogP contribution in [0.4, 0.5) is 11.4 Å². The van der Waals surface area contributed by atoms with E-state index in [2.05, 4.69) is 17.1 Å². The second kappa shape index (κ2) is 6.67. The molecule has 0 aromatic heterocycles. The number of nitrogens with one attached hydrogen (secondary N) is 1. The van der Waals surface area contributed by atoms with Crippen molar-refractivity contribution < 1.29 is 9.72 Å². The van der Waals surface area contributed by atoms with Crippen molar-refractivity contribution >= 4 is 17.3 Å². The van der Waals surface area contributed by atoms with E-state index in [-0.39, 0.29) is 17.3 Å². The topological polar surface area (TPSA) is 75.5 Å². The van der Waals surface area contributed by atoms with E-state index in [9.17, 15) is 14.9 Å². The van der Waals surface area contributed by atoms with Crippen LogP contribution in [0.2, 0.25) is 0 Å². The van der Waals surface area contributed by atoms with E-state index in [4.69, 9.17) is 0 Å². The molecule has 1 amide bonds. The molecule has 0 atom stereocenters. The number of carbonyl (C=O) groups is 1. The van der Waals surface area contributed by atoms with Crippen molar-refractivity contribution in [1.82, 2.24) is 4.90 Å². The predicted octanol–water partition coefficient (Wildman–Crippen LogP) is 2.75. The monoisotopic (exact) mass is 291 g/mol. The zero-order valence-electron chi connectivity index (χ0n) is 12.5. The molecular weight excluding hydrogens is 270 g/mol. The summed E-state index contributed by atoms with van der Waals surface area (Å²) in [6.07, 6.45) is 2.04. The molecule has 1 N–H and O–H groups in total. The predicted molar refractivity (Wildman–Crippen MR) is 81.5 cm³/mol. The van der Waals surface area contributed by atoms with E-state index in [1.54, 1.807) is 12.1 Å². The van der Waals surface area contributed by atoms with Gasteiger partial charge in [0, 0.05) is 13.0 Å². The zero-order chi connectivity index (χ0) is 15.4. The van der Waals surface area contributed by atoms with Gasteiger partial charge in [-0.1, -0.05) is 13.0 Å². The standard InChI is InChI=1S/C15H21N3O3/c1-3-17-8-6-12(7-9-17)13-4-5-14(16-11(2)19)15(10-13)18(20)21/h4-5,10,12H,3,6-9H2,1-2H3,(H,16,19). The largest absolute Gasteiger partial charge is 0.321 e. The van der Waals surface area contributed by atoms with Crippen molar-refractivity contribution in [2.45, 2.75) is 32.6 Å². The minimum Gasteiger partial charge on any atom is -0.321 e. The maximum absolute atomic E-state index is 11.2. The first-order chi connectivity index (χ1) is 10.0. The summed E-state index contributed by atoms with van der Waals surface area (Å²) in [5, 5.41) is 13.7. The summed E-state index contributed by atoms with van der Waals surface area (Å²) >= 11 is 0. The van der Waals surface area contributed by atoms with Gasteiger partial charge in [-0.25, -0.2) is 0 Å². The Morgan fingerprint density at radius 1 is 1.43 bits per heavy atom. The zero-order valence-corrected chi connectivity index (χ0v) is 12.5. The van der Waals surface area contributed by atoms with E-state index in [0.717, 1.165) is 38.0 Å². The number of nitrogens with zero attached hydrogens (tertiary/aromatic N) is 2. The number of benzene rings is 1. The fraction of sp³-hybridized carbons (Fsp3) is 0.533. The van der Waals surface area contributed by atoms with E-state index in [1.165, 1.54) is 6.92 Å². The Bertz CT molecular complexity index is 537. The molecule has 0 radical (unpaired) electrons. The molecular formula is C15H21N3O3. The average Bonchev–Trinajstić information content (AvgIpc) is 2.47. The van der Waals surface area contributed by atoms with Crippen LogP contribution in [0.5, 0.6) is 0 Å². The van der Waals surface area contributed by atoms with Gasteiger partial charge in [-0.05, 0) is 50.0 Å². The lowest BCUT2D eigenvalue weighted by atomic mass is 9.89. The molecule has 6 heteroatoms. The van der Waals surface area contributed by atoms with Gasteiger partial charge in [0.2, 0.25) is 5.91 Å². The van der Waals surface area contributed by atoms with Gasteiger partial charge in [-0.2, -0.15) is 0 Å². The summed E-state index contributed by atoms with van der Waals surface area (Å²) < 4.78 is 0. The summed E-state index contributed by atoms with van der Waals surface area (Å²) in [5.74, 6) is 0.0555. The van der Waals surface area contributed by atoms with Gasteiger partial charge in [0.15, 0.2) is 0 Å². The molecule has 0 spiro atoms. The quantitative estimate of drug-likeness (QED) is 0.683. The highest BCUT2D eigenvalue weighted by molar-refractivity contribution is 5.91. The molecule has 0 aliphatic carbocycles. The van der Waals surface area contributed by atoms with Crippen LogP contribution in [0, 0.1) is 10.1 Å². The lowest BCUT2D eigenvalue weighted by Crippen LogP contribution is -2.32. The number of nitro groups is 1. The first-order valence-corrected chi connectivity index (χ1v) is 7.29. The second-order valence-corrected chi connectivity index (χ2v) is 5.42. The highest BCUT2D eigenvalue weighted by atomic mass is 16.6. The molecule has 2 rings (SSSR count). The third-order valence-electron chi connectivity index (χ3n) is 4.04. The van der Waals surface area contributed by atoms with Crippen LogP contribution in [0.25, 0.3) is 0 Å². The lowest BCUT2D eigenvalue weighted by molar-refractivity contribution is -0.384. The minimum atomic E-state index is -0.435.